The number of carbonyl (C=O) groups excluding carboxylic acids is 1. The van der Waals surface area contributed by atoms with E-state index in [1.165, 1.54) is 17.8 Å². The maximum atomic E-state index is 10.6. The summed E-state index contributed by atoms with van der Waals surface area (Å²) in [5.74, 6) is -1.26. The van der Waals surface area contributed by atoms with Crippen LogP contribution >= 0.6 is 0 Å². The van der Waals surface area contributed by atoms with Crippen molar-refractivity contribution < 1.29 is 14.7 Å². The Morgan fingerprint density at radius 2 is 2.33 bits per heavy atom. The standard InChI is InChI=1S/C8H12N4O3/c1-5(3-9-6(2)13)12-4-7(8(14)15)10-11-12/h4-5H,3H2,1-2H3,(H,9,13)(H,14,15)/t5-/m0/s1. The second-order valence-corrected chi connectivity index (χ2v) is 3.18. The summed E-state index contributed by atoms with van der Waals surface area (Å²) in [5, 5.41) is 18.3. The van der Waals surface area contributed by atoms with E-state index in [0.29, 0.717) is 6.54 Å². The third kappa shape index (κ3) is 3.04. The monoisotopic (exact) mass is 212 g/mol. The van der Waals surface area contributed by atoms with E-state index in [1.54, 1.807) is 6.92 Å². The lowest BCUT2D eigenvalue weighted by molar-refractivity contribution is -0.119. The van der Waals surface area contributed by atoms with Gasteiger partial charge in [0.05, 0.1) is 12.2 Å². The van der Waals surface area contributed by atoms with Gasteiger partial charge >= 0.3 is 5.97 Å². The number of amides is 1. The van der Waals surface area contributed by atoms with Crippen LogP contribution in [-0.4, -0.2) is 38.5 Å². The zero-order valence-corrected chi connectivity index (χ0v) is 8.47. The molecule has 1 heterocycles. The minimum atomic E-state index is -1.12. The Labute approximate surface area is 86.1 Å². The maximum absolute atomic E-state index is 10.6. The largest absolute Gasteiger partial charge is 0.476 e. The van der Waals surface area contributed by atoms with Crippen LogP contribution in [0.1, 0.15) is 30.4 Å². The zero-order chi connectivity index (χ0) is 11.4. The number of nitrogens with one attached hydrogen (secondary N) is 1. The highest BCUT2D eigenvalue weighted by atomic mass is 16.4. The average Bonchev–Trinajstić information content (AvgIpc) is 2.62. The minimum Gasteiger partial charge on any atom is -0.476 e. The quantitative estimate of drug-likeness (QED) is 0.712. The zero-order valence-electron chi connectivity index (χ0n) is 8.47. The Bertz CT molecular complexity index is 374. The first-order valence-electron chi connectivity index (χ1n) is 4.40. The van der Waals surface area contributed by atoms with Crippen LogP contribution in [0.5, 0.6) is 0 Å². The topological polar surface area (TPSA) is 97.1 Å². The van der Waals surface area contributed by atoms with E-state index < -0.39 is 5.97 Å². The Morgan fingerprint density at radius 1 is 1.67 bits per heavy atom. The van der Waals surface area contributed by atoms with Gasteiger partial charge in [-0.2, -0.15) is 0 Å². The van der Waals surface area contributed by atoms with Crippen molar-refractivity contribution in [3.63, 3.8) is 0 Å². The summed E-state index contributed by atoms with van der Waals surface area (Å²) in [6.07, 6.45) is 1.33. The van der Waals surface area contributed by atoms with Gasteiger partial charge in [0.25, 0.3) is 0 Å². The van der Waals surface area contributed by atoms with Crippen molar-refractivity contribution in [3.05, 3.63) is 11.9 Å². The number of hydrogen-bond acceptors (Lipinski definition) is 4. The fourth-order valence-electron chi connectivity index (χ4n) is 0.975. The molecule has 1 rings (SSSR count). The molecule has 7 heteroatoms. The second kappa shape index (κ2) is 4.54. The van der Waals surface area contributed by atoms with Crippen molar-refractivity contribution in [2.24, 2.45) is 0 Å². The molecule has 0 bridgehead atoms. The average molecular weight is 212 g/mol. The summed E-state index contributed by atoms with van der Waals surface area (Å²) in [7, 11) is 0. The molecule has 0 fully saturated rings. The molecular formula is C8H12N4O3. The Kier molecular flexibility index (Phi) is 3.37. The molecule has 0 unspecified atom stereocenters. The lowest BCUT2D eigenvalue weighted by atomic mass is 10.3. The number of rotatable bonds is 4. The second-order valence-electron chi connectivity index (χ2n) is 3.18. The van der Waals surface area contributed by atoms with Crippen LogP contribution in [0.25, 0.3) is 0 Å². The SMILES string of the molecule is CC(=O)NC[C@H](C)n1cc(C(=O)O)nn1. The van der Waals surface area contributed by atoms with E-state index >= 15 is 0 Å². The highest BCUT2D eigenvalue weighted by Gasteiger charge is 2.12. The van der Waals surface area contributed by atoms with Gasteiger partial charge in [-0.15, -0.1) is 5.10 Å². The highest BCUT2D eigenvalue weighted by Crippen LogP contribution is 2.02. The number of carboxylic acids is 1. The Hall–Kier alpha value is -1.92. The summed E-state index contributed by atoms with van der Waals surface area (Å²) in [4.78, 5) is 21.2. The minimum absolute atomic E-state index is 0.107. The van der Waals surface area contributed by atoms with E-state index in [1.807, 2.05) is 0 Å². The van der Waals surface area contributed by atoms with Gasteiger partial charge in [-0.1, -0.05) is 5.21 Å². The molecule has 0 radical (unpaired) electrons. The lowest BCUT2D eigenvalue weighted by Crippen LogP contribution is -2.27. The number of carboxylic acid groups (broad SMARTS) is 1. The molecule has 82 valence electrons. The molecule has 0 aliphatic heterocycles. The molecule has 0 saturated heterocycles. The van der Waals surface area contributed by atoms with Crippen molar-refractivity contribution in [1.29, 1.82) is 0 Å². The van der Waals surface area contributed by atoms with Gasteiger partial charge in [0.15, 0.2) is 5.69 Å². The lowest BCUT2D eigenvalue weighted by Gasteiger charge is -2.10. The Morgan fingerprint density at radius 3 is 2.80 bits per heavy atom. The van der Waals surface area contributed by atoms with Crippen molar-refractivity contribution in [2.75, 3.05) is 6.54 Å². The molecular weight excluding hydrogens is 200 g/mol. The van der Waals surface area contributed by atoms with Gasteiger partial charge in [0, 0.05) is 13.5 Å². The third-order valence-corrected chi connectivity index (χ3v) is 1.83. The van der Waals surface area contributed by atoms with Crippen LogP contribution in [0.4, 0.5) is 0 Å². The van der Waals surface area contributed by atoms with Gasteiger partial charge in [0.2, 0.25) is 5.91 Å². The normalized spacial score (nSPS) is 12.1. The smallest absolute Gasteiger partial charge is 0.358 e. The molecule has 1 aromatic rings. The molecule has 0 spiro atoms. The summed E-state index contributed by atoms with van der Waals surface area (Å²) in [5.41, 5.74) is -0.107. The first kappa shape index (κ1) is 11.2. The summed E-state index contributed by atoms with van der Waals surface area (Å²) in [6.45, 7) is 3.60. The van der Waals surface area contributed by atoms with Gasteiger partial charge in [-0.3, -0.25) is 4.79 Å². The van der Waals surface area contributed by atoms with E-state index in [2.05, 4.69) is 15.6 Å². The van der Waals surface area contributed by atoms with Crippen LogP contribution in [0.2, 0.25) is 0 Å². The molecule has 0 saturated carbocycles. The van der Waals surface area contributed by atoms with E-state index in [4.69, 9.17) is 5.11 Å². The van der Waals surface area contributed by atoms with E-state index in [0.717, 1.165) is 0 Å². The fraction of sp³-hybridized carbons (Fsp3) is 0.500. The molecule has 1 amide bonds. The molecule has 15 heavy (non-hydrogen) atoms. The first-order valence-corrected chi connectivity index (χ1v) is 4.40. The summed E-state index contributed by atoms with van der Waals surface area (Å²) >= 11 is 0. The molecule has 7 nitrogen and oxygen atoms in total. The number of carbonyl (C=O) groups is 2. The molecule has 0 aromatic carbocycles. The molecule has 1 atom stereocenters. The highest BCUT2D eigenvalue weighted by molar-refractivity contribution is 5.84. The third-order valence-electron chi connectivity index (χ3n) is 1.83. The molecule has 1 aromatic heterocycles. The van der Waals surface area contributed by atoms with Gasteiger partial charge in [0.1, 0.15) is 0 Å². The molecule has 2 N–H and O–H groups in total. The van der Waals surface area contributed by atoms with E-state index in [-0.39, 0.29) is 17.6 Å². The van der Waals surface area contributed by atoms with Gasteiger partial charge < -0.3 is 10.4 Å². The van der Waals surface area contributed by atoms with Gasteiger partial charge in [-0.25, -0.2) is 9.48 Å². The predicted octanol–water partition coefficient (Wildman–Crippen LogP) is -0.327. The molecule has 0 aliphatic carbocycles. The maximum Gasteiger partial charge on any atom is 0.358 e. The number of hydrogen-bond donors (Lipinski definition) is 2. The van der Waals surface area contributed by atoms with Crippen LogP contribution in [0, 0.1) is 0 Å². The van der Waals surface area contributed by atoms with E-state index in [9.17, 15) is 9.59 Å². The molecule has 0 aliphatic rings. The summed E-state index contributed by atoms with van der Waals surface area (Å²) in [6, 6.07) is -0.130. The Balaban J connectivity index is 2.61. The van der Waals surface area contributed by atoms with Crippen LogP contribution in [0.3, 0.4) is 0 Å². The summed E-state index contributed by atoms with van der Waals surface area (Å²) < 4.78 is 1.40. The van der Waals surface area contributed by atoms with Crippen molar-refractivity contribution in [2.45, 2.75) is 19.9 Å². The number of nitrogens with zero attached hydrogens (tertiary/aromatic N) is 3. The van der Waals surface area contributed by atoms with Crippen LogP contribution < -0.4 is 5.32 Å². The van der Waals surface area contributed by atoms with Crippen molar-refractivity contribution in [3.8, 4) is 0 Å². The van der Waals surface area contributed by atoms with Crippen LogP contribution in [0.15, 0.2) is 6.20 Å². The van der Waals surface area contributed by atoms with Crippen molar-refractivity contribution in [1.82, 2.24) is 20.3 Å². The van der Waals surface area contributed by atoms with Crippen LogP contribution in [-0.2, 0) is 4.79 Å². The number of aromatic carboxylic acids is 1. The van der Waals surface area contributed by atoms with Gasteiger partial charge in [-0.05, 0) is 6.92 Å². The fourth-order valence-corrected chi connectivity index (χ4v) is 0.975. The van der Waals surface area contributed by atoms with Crippen molar-refractivity contribution >= 4 is 11.9 Å². The first-order chi connectivity index (χ1) is 7.00. The predicted molar refractivity (Wildman–Crippen MR) is 50.4 cm³/mol. The number of aromatic nitrogens is 3.